The molecule has 0 aliphatic heterocycles. The van der Waals surface area contributed by atoms with Crippen LogP contribution in [0, 0.1) is 12.7 Å². The molecule has 19 heavy (non-hydrogen) atoms. The van der Waals surface area contributed by atoms with Crippen LogP contribution in [-0.4, -0.2) is 6.54 Å². The molecule has 1 aromatic heterocycles. The summed E-state index contributed by atoms with van der Waals surface area (Å²) in [6.45, 7) is 7.13. The summed E-state index contributed by atoms with van der Waals surface area (Å²) in [6.07, 6.45) is 1.05. The first kappa shape index (κ1) is 14.2. The average molecular weight is 277 g/mol. The molecule has 0 amide bonds. The molecule has 0 spiro atoms. The van der Waals surface area contributed by atoms with Crippen LogP contribution in [0.5, 0.6) is 0 Å². The highest BCUT2D eigenvalue weighted by molar-refractivity contribution is 7.15. The van der Waals surface area contributed by atoms with Crippen molar-refractivity contribution in [3.8, 4) is 10.4 Å². The summed E-state index contributed by atoms with van der Waals surface area (Å²) < 4.78 is 14.0. The minimum Gasteiger partial charge on any atom is -0.310 e. The van der Waals surface area contributed by atoms with E-state index < -0.39 is 0 Å². The molecule has 0 aliphatic rings. The zero-order valence-electron chi connectivity index (χ0n) is 11.7. The van der Waals surface area contributed by atoms with E-state index in [9.17, 15) is 4.39 Å². The van der Waals surface area contributed by atoms with Crippen molar-refractivity contribution in [2.45, 2.75) is 33.2 Å². The molecule has 0 saturated carbocycles. The third-order valence-corrected chi connectivity index (χ3v) is 4.45. The van der Waals surface area contributed by atoms with E-state index in [0.29, 0.717) is 11.6 Å². The summed E-state index contributed by atoms with van der Waals surface area (Å²) in [7, 11) is 0. The zero-order valence-corrected chi connectivity index (χ0v) is 12.5. The second kappa shape index (κ2) is 6.31. The lowest BCUT2D eigenvalue weighted by Gasteiger charge is -2.13. The molecule has 1 N–H and O–H groups in total. The fourth-order valence-electron chi connectivity index (χ4n) is 2.20. The number of nitrogens with one attached hydrogen (secondary N) is 1. The molecule has 3 heteroatoms. The molecule has 0 saturated heterocycles. The monoisotopic (exact) mass is 277 g/mol. The normalized spacial score (nSPS) is 12.6. The number of hydrogen-bond acceptors (Lipinski definition) is 2. The summed E-state index contributed by atoms with van der Waals surface area (Å²) in [6, 6.07) is 9.92. The molecular formula is C16H20FNS. The molecule has 2 rings (SSSR count). The number of rotatable bonds is 5. The Morgan fingerprint density at radius 3 is 2.63 bits per heavy atom. The van der Waals surface area contributed by atoms with Crippen LogP contribution in [0.4, 0.5) is 4.39 Å². The van der Waals surface area contributed by atoms with E-state index in [1.165, 1.54) is 4.88 Å². The van der Waals surface area contributed by atoms with E-state index in [0.717, 1.165) is 23.4 Å². The minimum atomic E-state index is -0.134. The lowest BCUT2D eigenvalue weighted by atomic mass is 10.1. The largest absolute Gasteiger partial charge is 0.310 e. The van der Waals surface area contributed by atoms with E-state index in [1.54, 1.807) is 17.4 Å². The van der Waals surface area contributed by atoms with Gasteiger partial charge in [0.25, 0.3) is 0 Å². The highest BCUT2D eigenvalue weighted by atomic mass is 32.1. The lowest BCUT2D eigenvalue weighted by molar-refractivity contribution is 0.545. The van der Waals surface area contributed by atoms with Gasteiger partial charge in [0, 0.05) is 21.4 Å². The molecule has 0 radical (unpaired) electrons. The van der Waals surface area contributed by atoms with Crippen LogP contribution in [0.25, 0.3) is 10.4 Å². The van der Waals surface area contributed by atoms with Crippen LogP contribution in [-0.2, 0) is 0 Å². The number of aryl methyl sites for hydroxylation is 1. The van der Waals surface area contributed by atoms with Crippen molar-refractivity contribution >= 4 is 11.3 Å². The van der Waals surface area contributed by atoms with Crippen molar-refractivity contribution in [1.29, 1.82) is 0 Å². The maximum atomic E-state index is 14.0. The fraction of sp³-hybridized carbons (Fsp3) is 0.375. The van der Waals surface area contributed by atoms with Crippen LogP contribution in [0.1, 0.15) is 36.8 Å². The summed E-state index contributed by atoms with van der Waals surface area (Å²) in [5, 5.41) is 3.45. The van der Waals surface area contributed by atoms with E-state index in [-0.39, 0.29) is 5.82 Å². The molecule has 2 aromatic rings. The summed E-state index contributed by atoms with van der Waals surface area (Å²) in [5.74, 6) is -0.134. The minimum absolute atomic E-state index is 0.134. The van der Waals surface area contributed by atoms with Gasteiger partial charge in [-0.05, 0) is 43.7 Å². The van der Waals surface area contributed by atoms with Crippen LogP contribution >= 0.6 is 11.3 Å². The van der Waals surface area contributed by atoms with Crippen LogP contribution in [0.2, 0.25) is 0 Å². The average Bonchev–Trinajstić information content (AvgIpc) is 2.85. The van der Waals surface area contributed by atoms with Gasteiger partial charge in [0.2, 0.25) is 0 Å². The van der Waals surface area contributed by atoms with Gasteiger partial charge < -0.3 is 5.32 Å². The molecule has 1 atom stereocenters. The summed E-state index contributed by atoms with van der Waals surface area (Å²) in [5.41, 5.74) is 1.66. The second-order valence-electron chi connectivity index (χ2n) is 4.70. The molecule has 102 valence electrons. The molecule has 0 fully saturated rings. The number of hydrogen-bond donors (Lipinski definition) is 1. The molecule has 1 aromatic carbocycles. The van der Waals surface area contributed by atoms with Crippen molar-refractivity contribution in [3.05, 3.63) is 46.6 Å². The molecule has 0 aliphatic carbocycles. The third kappa shape index (κ3) is 3.23. The van der Waals surface area contributed by atoms with Gasteiger partial charge in [0.15, 0.2) is 0 Å². The Bertz CT molecular complexity index is 547. The molecule has 0 bridgehead atoms. The van der Waals surface area contributed by atoms with Gasteiger partial charge in [-0.2, -0.15) is 0 Å². The second-order valence-corrected chi connectivity index (χ2v) is 5.82. The van der Waals surface area contributed by atoms with Crippen molar-refractivity contribution in [2.75, 3.05) is 6.54 Å². The zero-order chi connectivity index (χ0) is 13.8. The highest BCUT2D eigenvalue weighted by Gasteiger charge is 2.13. The quantitative estimate of drug-likeness (QED) is 0.817. The van der Waals surface area contributed by atoms with Crippen LogP contribution in [0.3, 0.4) is 0 Å². The molecule has 1 heterocycles. The van der Waals surface area contributed by atoms with Gasteiger partial charge in [0.05, 0.1) is 0 Å². The Balaban J connectivity index is 2.29. The Morgan fingerprint density at radius 1 is 1.21 bits per heavy atom. The van der Waals surface area contributed by atoms with E-state index in [1.807, 2.05) is 25.1 Å². The SMILES string of the molecule is CCNC(CC)c1ccc(-c2ccc(C)cc2F)s1. The maximum Gasteiger partial charge on any atom is 0.132 e. The molecule has 1 nitrogen and oxygen atoms in total. The van der Waals surface area contributed by atoms with Gasteiger partial charge in [-0.15, -0.1) is 11.3 Å². The van der Waals surface area contributed by atoms with E-state index in [4.69, 9.17) is 0 Å². The predicted molar refractivity (Wildman–Crippen MR) is 81.2 cm³/mol. The summed E-state index contributed by atoms with van der Waals surface area (Å²) in [4.78, 5) is 2.28. The van der Waals surface area contributed by atoms with Crippen molar-refractivity contribution in [2.24, 2.45) is 0 Å². The van der Waals surface area contributed by atoms with Crippen LogP contribution in [0.15, 0.2) is 30.3 Å². The van der Waals surface area contributed by atoms with Crippen molar-refractivity contribution in [1.82, 2.24) is 5.32 Å². The van der Waals surface area contributed by atoms with E-state index >= 15 is 0 Å². The smallest absolute Gasteiger partial charge is 0.132 e. The first-order valence-electron chi connectivity index (χ1n) is 6.75. The van der Waals surface area contributed by atoms with Crippen molar-refractivity contribution < 1.29 is 4.39 Å². The first-order chi connectivity index (χ1) is 9.15. The Labute approximate surface area is 118 Å². The maximum absolute atomic E-state index is 14.0. The predicted octanol–water partition coefficient (Wildman–Crippen LogP) is 4.92. The summed E-state index contributed by atoms with van der Waals surface area (Å²) >= 11 is 1.68. The third-order valence-electron chi connectivity index (χ3n) is 3.22. The van der Waals surface area contributed by atoms with Crippen molar-refractivity contribution in [3.63, 3.8) is 0 Å². The van der Waals surface area contributed by atoms with Gasteiger partial charge >= 0.3 is 0 Å². The Morgan fingerprint density at radius 2 is 2.00 bits per heavy atom. The molecular weight excluding hydrogens is 257 g/mol. The Hall–Kier alpha value is -1.19. The topological polar surface area (TPSA) is 12.0 Å². The van der Waals surface area contributed by atoms with E-state index in [2.05, 4.69) is 25.2 Å². The number of thiophene rings is 1. The lowest BCUT2D eigenvalue weighted by Crippen LogP contribution is -2.18. The highest BCUT2D eigenvalue weighted by Crippen LogP contribution is 2.34. The molecule has 1 unspecified atom stereocenters. The first-order valence-corrected chi connectivity index (χ1v) is 7.57. The standard InChI is InChI=1S/C16H20FNS/c1-4-14(18-5-2)16-9-8-15(19-16)12-7-6-11(3)10-13(12)17/h6-10,14,18H,4-5H2,1-3H3. The number of halogens is 1. The van der Waals surface area contributed by atoms with Gasteiger partial charge in [-0.3, -0.25) is 0 Å². The Kier molecular flexibility index (Phi) is 4.72. The van der Waals surface area contributed by atoms with Gasteiger partial charge in [-0.25, -0.2) is 4.39 Å². The number of benzene rings is 1. The van der Waals surface area contributed by atoms with Gasteiger partial charge in [-0.1, -0.05) is 26.0 Å². The van der Waals surface area contributed by atoms with Crippen LogP contribution < -0.4 is 5.32 Å². The van der Waals surface area contributed by atoms with Gasteiger partial charge in [0.1, 0.15) is 5.82 Å². The fourth-order valence-corrected chi connectivity index (χ4v) is 3.39.